The fraction of sp³-hybridized carbons (Fsp3) is 0.604. The molecule has 13 rings (SSSR count). The molecule has 11 heterocycles. The lowest BCUT2D eigenvalue weighted by Gasteiger charge is -2.18. The molecule has 0 amide bonds. The van der Waals surface area contributed by atoms with E-state index in [2.05, 4.69) is 396 Å². The minimum atomic E-state index is 0. The summed E-state index contributed by atoms with van der Waals surface area (Å²) in [5, 5.41) is 13.8. The van der Waals surface area contributed by atoms with E-state index in [9.17, 15) is 0 Å². The summed E-state index contributed by atoms with van der Waals surface area (Å²) < 4.78 is 17.6. The molecule has 0 atom stereocenters. The van der Waals surface area contributed by atoms with Gasteiger partial charge in [0.1, 0.15) is 17.1 Å². The van der Waals surface area contributed by atoms with Gasteiger partial charge < -0.3 is 4.42 Å². The predicted octanol–water partition coefficient (Wildman–Crippen LogP) is 37.5. The second kappa shape index (κ2) is 60.9. The summed E-state index contributed by atoms with van der Waals surface area (Å²) in [5.41, 5.74) is 13.7. The first-order chi connectivity index (χ1) is 53.4. The number of thiophene rings is 1. The van der Waals surface area contributed by atoms with Crippen molar-refractivity contribution in [3.05, 3.63) is 230 Å². The number of allylic oxidation sites excluding steroid dienone is 11. The van der Waals surface area contributed by atoms with E-state index in [0.29, 0.717) is 21.7 Å². The number of aromatic nitrogens is 8. The number of thiazole rings is 4. The fourth-order valence-electron chi connectivity index (χ4n) is 9.23. The molecule has 2 aliphatic heterocycles. The molecule has 0 aromatic carbocycles. The Morgan fingerprint density at radius 2 is 0.792 bits per heavy atom. The molecule has 0 saturated carbocycles. The van der Waals surface area contributed by atoms with Gasteiger partial charge in [-0.2, -0.15) is 8.75 Å². The van der Waals surface area contributed by atoms with E-state index < -0.39 is 0 Å². The molecule has 2 aliphatic carbocycles. The van der Waals surface area contributed by atoms with Crippen LogP contribution in [0.3, 0.4) is 0 Å². The Labute approximate surface area is 804 Å². The third kappa shape index (κ3) is 59.8. The van der Waals surface area contributed by atoms with Gasteiger partial charge in [0.15, 0.2) is 0 Å². The zero-order chi connectivity index (χ0) is 89.8. The molecule has 0 radical (unpaired) electrons. The first-order valence-electron chi connectivity index (χ1n) is 40.8. The molecule has 9 aromatic heterocycles. The van der Waals surface area contributed by atoms with Crippen molar-refractivity contribution in [3.63, 3.8) is 0 Å². The Morgan fingerprint density at radius 1 is 0.336 bits per heavy atom. The predicted molar refractivity (Wildman–Crippen MR) is 582 cm³/mol. The van der Waals surface area contributed by atoms with E-state index >= 15 is 0 Å². The average molecular weight is 1870 g/mol. The van der Waals surface area contributed by atoms with Crippen LogP contribution in [0.25, 0.3) is 0 Å². The lowest BCUT2D eigenvalue weighted by Crippen LogP contribution is -2.12. The van der Waals surface area contributed by atoms with E-state index in [4.69, 9.17) is 4.42 Å². The smallest absolute Gasteiger partial charge is 0.147 e. The second-order valence-corrected chi connectivity index (χ2v) is 48.6. The van der Waals surface area contributed by atoms with Gasteiger partial charge in [-0.15, -0.1) is 56.7 Å². The van der Waals surface area contributed by atoms with Gasteiger partial charge in [0.25, 0.3) is 0 Å². The molecule has 11 nitrogen and oxygen atoms in total. The van der Waals surface area contributed by atoms with Crippen LogP contribution in [0.4, 0.5) is 0 Å². The third-order valence-electron chi connectivity index (χ3n) is 16.5. The van der Waals surface area contributed by atoms with Crippen LogP contribution >= 0.6 is 91.3 Å². The van der Waals surface area contributed by atoms with Gasteiger partial charge in [-0.3, -0.25) is 15.0 Å². The molecule has 0 N–H and O–H groups in total. The molecule has 4 aliphatic rings. The summed E-state index contributed by atoms with van der Waals surface area (Å²) in [7, 11) is 0. The molecule has 0 unspecified atom stereocenters. The zero-order valence-electron chi connectivity index (χ0n) is 79.7. The van der Waals surface area contributed by atoms with Gasteiger partial charge in [-0.05, 0) is 132 Å². The van der Waals surface area contributed by atoms with Gasteiger partial charge in [0.2, 0.25) is 0 Å². The molecule has 0 saturated heterocycles. The Hall–Kier alpha value is -5.90. The normalized spacial score (nSPS) is 13.0. The van der Waals surface area contributed by atoms with Crippen LogP contribution < -0.4 is 0 Å². The monoisotopic (exact) mass is 1870 g/mol. The lowest BCUT2D eigenvalue weighted by atomic mass is 9.87. The number of hydrogen-bond donors (Lipinski definition) is 0. The first kappa shape index (κ1) is 135. The largest absolute Gasteiger partial charge is 0.469 e. The maximum Gasteiger partial charge on any atom is 0.147 e. The quantitative estimate of drug-likeness (QED) is 0.145. The van der Waals surface area contributed by atoms with Gasteiger partial charge in [-0.25, -0.2) is 24.3 Å². The number of furan rings is 1. The highest BCUT2D eigenvalue weighted by Gasteiger charge is 2.24. The van der Waals surface area contributed by atoms with E-state index in [0.717, 1.165) is 37.4 Å². The summed E-state index contributed by atoms with van der Waals surface area (Å²) in [5.74, 6) is 1.98. The molecule has 0 fully saturated rings. The average Bonchev–Trinajstić information content (AvgIpc) is 1.91. The Balaban J connectivity index is -0.000000197. The van der Waals surface area contributed by atoms with Crippen LogP contribution in [-0.2, 0) is 48.7 Å². The van der Waals surface area contributed by atoms with E-state index in [1.165, 1.54) is 80.8 Å². The highest BCUT2D eigenvalue weighted by atomic mass is 32.1. The highest BCUT2D eigenvalue weighted by Crippen LogP contribution is 2.34. The van der Waals surface area contributed by atoms with Crippen molar-refractivity contribution in [2.24, 2.45) is 31.6 Å². The molecular weight excluding hydrogens is 1690 g/mol. The topological polar surface area (TPSA) is 141 Å². The van der Waals surface area contributed by atoms with Gasteiger partial charge >= 0.3 is 0 Å². The minimum absolute atomic E-state index is 0. The summed E-state index contributed by atoms with van der Waals surface area (Å²) in [6.07, 6.45) is 36.1. The fourth-order valence-corrected chi connectivity index (χ4v) is 14.9. The maximum atomic E-state index is 5.20. The Kier molecular flexibility index (Phi) is 65.5. The van der Waals surface area contributed by atoms with Crippen LogP contribution in [0.15, 0.2) is 197 Å². The molecule has 9 aromatic rings. The van der Waals surface area contributed by atoms with E-state index in [1.54, 1.807) is 68.7 Å². The summed E-state index contributed by atoms with van der Waals surface area (Å²) >= 11 is 13.2. The molecule has 125 heavy (non-hydrogen) atoms. The number of nitrogens with zero attached hydrogens (tertiary/aromatic N) is 10. The molecule has 19 heteroatoms. The SMILES string of the molecule is C.C.C.C.C.C.C.C.CC(C)(C)C1=CCC=C1.CC(C)(C)C1=CCC=C1.CC(C)(C)C1=CCC=N1.CC(C)(C)C1=CCN=C1.CC(C)(C)c1ccco1.CC(C)(C)c1cccs1.CC(C)(C)c1ccns1.CC(C)(C)c1ccsn1.CC(C)(C)c1cncs1.CC(C)(C)c1nccs1.CC(C)(C)c1nccs1.CC(C)(C)c1nccs1.CC(C)(C)c1ncsn1. The molecular formula is C106H186N10OS8. The standard InChI is InChI=1S/2C9H14.2C8H13N.C8H12O.C8H12S.6C7H11NS.C6H10N2S.8CH4/c2*1-9(2,3)8-6-4-5-7-8;1-8(2,3)7-4-5-9-6-7;3*1-8(2,3)7-5-4-6-9-7;1-7(2,3)6-4-8-5-9-6;3*1-7(2,3)6-8-4-5-9-6;1-7(2,3)6-4-5-9-8-6;1-7(2,3)6-4-5-8-9-6;1-6(2,3)5-7-4-9-8-5;;;;;;;;/h2*4,6-7H,5H2,1-3H3;4,6H,5H2,1-3H3;5-6H,4H2,1-3H3;2*4-6H,1-3H3;6*4-5H,1-3H3;4H,1-3H3;8*1H4. The molecule has 714 valence electrons. The van der Waals surface area contributed by atoms with Gasteiger partial charge in [0, 0.05) is 130 Å². The highest BCUT2D eigenvalue weighted by molar-refractivity contribution is 7.11. The van der Waals surface area contributed by atoms with Crippen LogP contribution in [0, 0.1) is 21.7 Å². The van der Waals surface area contributed by atoms with Crippen molar-refractivity contribution in [1.82, 2.24) is 38.0 Å². The summed E-state index contributed by atoms with van der Waals surface area (Å²) in [4.78, 5) is 33.2. The zero-order valence-corrected chi connectivity index (χ0v) is 86.2. The second-order valence-electron chi connectivity index (χ2n) is 42.0. The van der Waals surface area contributed by atoms with E-state index in [-0.39, 0.29) is 108 Å². The van der Waals surface area contributed by atoms with Crippen molar-refractivity contribution >= 4 is 104 Å². The van der Waals surface area contributed by atoms with Crippen molar-refractivity contribution in [2.75, 3.05) is 6.54 Å². The first-order valence-corrected chi connectivity index (χ1v) is 47.7. The van der Waals surface area contributed by atoms with Crippen molar-refractivity contribution in [1.29, 1.82) is 0 Å². The van der Waals surface area contributed by atoms with Crippen molar-refractivity contribution in [2.45, 2.75) is 397 Å². The van der Waals surface area contributed by atoms with Crippen molar-refractivity contribution in [3.8, 4) is 0 Å². The van der Waals surface area contributed by atoms with Gasteiger partial charge in [-0.1, -0.05) is 384 Å². The van der Waals surface area contributed by atoms with Crippen molar-refractivity contribution < 1.29 is 4.42 Å². The van der Waals surface area contributed by atoms with Gasteiger partial charge in [0.05, 0.1) is 39.0 Å². The number of rotatable bonds is 0. The number of aliphatic imine (C=N–C) groups is 2. The van der Waals surface area contributed by atoms with E-state index in [1.807, 2.05) is 93.9 Å². The van der Waals surface area contributed by atoms with Crippen LogP contribution in [0.2, 0.25) is 0 Å². The Bertz CT molecular complexity index is 3450. The maximum absolute atomic E-state index is 5.20. The summed E-state index contributed by atoms with van der Waals surface area (Å²) in [6, 6.07) is 12.4. The third-order valence-corrected chi connectivity index (χ3v) is 24.8. The lowest BCUT2D eigenvalue weighted by molar-refractivity contribution is 0.409. The van der Waals surface area contributed by atoms with Crippen LogP contribution in [0.1, 0.15) is 396 Å². The minimum Gasteiger partial charge on any atom is -0.469 e. The molecule has 0 spiro atoms. The van der Waals surface area contributed by atoms with Crippen LogP contribution in [-0.4, -0.2) is 57.0 Å². The van der Waals surface area contributed by atoms with Crippen LogP contribution in [0.5, 0.6) is 0 Å². The Morgan fingerprint density at radius 3 is 0.952 bits per heavy atom. The molecule has 0 bridgehead atoms. The summed E-state index contributed by atoms with van der Waals surface area (Å²) in [6.45, 7) is 86.2. The number of hydrogen-bond acceptors (Lipinski definition) is 19.